The van der Waals surface area contributed by atoms with Crippen LogP contribution in [0.1, 0.15) is 141 Å². The molecule has 49 heavy (non-hydrogen) atoms. The molecular weight excluding hydrogens is 622 g/mol. The fourth-order valence-corrected chi connectivity index (χ4v) is 10.7. The number of hydrogen-bond acceptors (Lipinski definition) is 7. The van der Waals surface area contributed by atoms with Crippen molar-refractivity contribution in [1.82, 2.24) is 16.0 Å². The number of hydrogen-bond donors (Lipinski definition) is 4. The Morgan fingerprint density at radius 3 is 1.86 bits per heavy atom. The van der Waals surface area contributed by atoms with Crippen LogP contribution in [0.3, 0.4) is 0 Å². The molecule has 0 radical (unpaired) electrons. The summed E-state index contributed by atoms with van der Waals surface area (Å²) in [6, 6.07) is -0.219. The molecule has 4 saturated carbocycles. The smallest absolute Gasteiger partial charge is 0.407 e. The van der Waals surface area contributed by atoms with Gasteiger partial charge in [-0.2, -0.15) is 0 Å². The molecule has 282 valence electrons. The number of carbonyl (C=O) groups excluding carboxylic acids is 3. The monoisotopic (exact) mass is 692 g/mol. The van der Waals surface area contributed by atoms with Gasteiger partial charge in [0.2, 0.25) is 0 Å². The van der Waals surface area contributed by atoms with Gasteiger partial charge in [0.25, 0.3) is 0 Å². The molecular formula is C39H69N3O7. The number of alkyl carbamates (subject to hydrolysis) is 3. The predicted octanol–water partition coefficient (Wildman–Crippen LogP) is 7.95. The van der Waals surface area contributed by atoms with E-state index >= 15 is 0 Å². The zero-order chi connectivity index (χ0) is 36.7. The van der Waals surface area contributed by atoms with Crippen molar-refractivity contribution in [3.8, 4) is 0 Å². The lowest BCUT2D eigenvalue weighted by atomic mass is 9.42. The van der Waals surface area contributed by atoms with Gasteiger partial charge in [-0.3, -0.25) is 0 Å². The van der Waals surface area contributed by atoms with Gasteiger partial charge in [0.1, 0.15) is 16.8 Å². The number of carbonyl (C=O) groups is 3. The van der Waals surface area contributed by atoms with Gasteiger partial charge in [-0.25, -0.2) is 14.4 Å². The lowest BCUT2D eigenvalue weighted by Crippen LogP contribution is -2.68. The minimum absolute atomic E-state index is 0.0144. The second-order valence-corrected chi connectivity index (χ2v) is 19.4. The van der Waals surface area contributed by atoms with Crippen molar-refractivity contribution in [1.29, 1.82) is 0 Å². The van der Waals surface area contributed by atoms with E-state index in [4.69, 9.17) is 14.2 Å². The van der Waals surface area contributed by atoms with Crippen LogP contribution in [0.5, 0.6) is 0 Å². The van der Waals surface area contributed by atoms with Crippen molar-refractivity contribution in [2.45, 2.75) is 176 Å². The molecule has 0 saturated heterocycles. The summed E-state index contributed by atoms with van der Waals surface area (Å²) in [5.41, 5.74) is -2.08. The first-order valence-electron chi connectivity index (χ1n) is 19.1. The second-order valence-electron chi connectivity index (χ2n) is 19.4. The number of fused-ring (bicyclic) bond motifs is 5. The average molecular weight is 692 g/mol. The summed E-state index contributed by atoms with van der Waals surface area (Å²) in [6.07, 6.45) is 6.81. The molecule has 4 N–H and O–H groups in total. The van der Waals surface area contributed by atoms with Gasteiger partial charge in [-0.05, 0) is 166 Å². The molecule has 11 unspecified atom stereocenters. The Hall–Kier alpha value is -2.23. The van der Waals surface area contributed by atoms with Gasteiger partial charge in [0.15, 0.2) is 0 Å². The summed E-state index contributed by atoms with van der Waals surface area (Å²) in [4.78, 5) is 39.8. The molecule has 4 aliphatic carbocycles. The van der Waals surface area contributed by atoms with Crippen LogP contribution in [0.4, 0.5) is 14.4 Å². The molecule has 0 aromatic heterocycles. The first kappa shape index (κ1) is 39.6. The maximum Gasteiger partial charge on any atom is 0.407 e. The van der Waals surface area contributed by atoms with Crippen LogP contribution >= 0.6 is 0 Å². The van der Waals surface area contributed by atoms with Crippen LogP contribution < -0.4 is 16.0 Å². The van der Waals surface area contributed by atoms with Crippen LogP contribution in [0.15, 0.2) is 0 Å². The van der Waals surface area contributed by atoms with E-state index in [0.29, 0.717) is 11.8 Å². The SMILES string of the molecule is CC(CCCO)C1CCC2C3C(NC(=O)OC(C)(C)C)CC4CC(NC(=O)OC(C)(C)C)CCC4(C)C3CC(NC(=O)OC(C)(C)C)C12C. The van der Waals surface area contributed by atoms with Crippen molar-refractivity contribution >= 4 is 18.3 Å². The molecule has 0 aromatic rings. The topological polar surface area (TPSA) is 135 Å². The predicted molar refractivity (Wildman–Crippen MR) is 191 cm³/mol. The third-order valence-corrected chi connectivity index (χ3v) is 12.6. The summed E-state index contributed by atoms with van der Waals surface area (Å²) in [5.74, 6) is 1.68. The van der Waals surface area contributed by atoms with Crippen molar-refractivity contribution in [3.63, 3.8) is 0 Å². The molecule has 10 nitrogen and oxygen atoms in total. The van der Waals surface area contributed by atoms with Crippen LogP contribution in [-0.2, 0) is 14.2 Å². The van der Waals surface area contributed by atoms with Gasteiger partial charge in [0, 0.05) is 24.7 Å². The highest BCUT2D eigenvalue weighted by Crippen LogP contribution is 2.68. The standard InChI is InChI=1S/C39H69N3O7/c1-23(14-13-19-43)26-15-16-27-31-28(22-30(39(26,27)12)42-34(46)49-37(8,9)10)38(11)18-17-25(40-32(44)47-35(2,3)4)20-24(38)21-29(31)41-33(45)48-36(5,6)7/h23-31,43H,13-22H2,1-12H3,(H,40,44)(H,41,45)(H,42,46). The molecule has 0 heterocycles. The fourth-order valence-electron chi connectivity index (χ4n) is 10.7. The zero-order valence-corrected chi connectivity index (χ0v) is 32.7. The Labute approximate surface area is 296 Å². The summed E-state index contributed by atoms with van der Waals surface area (Å²) in [6.45, 7) is 24.3. The Morgan fingerprint density at radius 2 is 1.31 bits per heavy atom. The second kappa shape index (κ2) is 14.4. The number of rotatable bonds is 7. The number of nitrogens with one attached hydrogen (secondary N) is 3. The van der Waals surface area contributed by atoms with E-state index in [9.17, 15) is 19.5 Å². The van der Waals surface area contributed by atoms with Crippen LogP contribution in [-0.4, -0.2) is 64.9 Å². The number of amides is 3. The largest absolute Gasteiger partial charge is 0.444 e. The molecule has 11 atom stereocenters. The van der Waals surface area contributed by atoms with E-state index in [-0.39, 0.29) is 77.5 Å². The molecule has 3 amide bonds. The van der Waals surface area contributed by atoms with Gasteiger partial charge in [-0.1, -0.05) is 20.8 Å². The summed E-state index contributed by atoms with van der Waals surface area (Å²) < 4.78 is 17.3. The molecule has 0 spiro atoms. The Morgan fingerprint density at radius 1 is 0.755 bits per heavy atom. The lowest BCUT2D eigenvalue weighted by Gasteiger charge is -2.65. The number of aliphatic hydroxyl groups is 1. The molecule has 4 aliphatic rings. The minimum Gasteiger partial charge on any atom is -0.444 e. The average Bonchev–Trinajstić information content (AvgIpc) is 3.28. The third-order valence-electron chi connectivity index (χ3n) is 12.6. The Bertz CT molecular complexity index is 1190. The highest BCUT2D eigenvalue weighted by Gasteiger charge is 2.66. The molecule has 0 aliphatic heterocycles. The maximum absolute atomic E-state index is 13.5. The van der Waals surface area contributed by atoms with Crippen LogP contribution in [0.2, 0.25) is 0 Å². The van der Waals surface area contributed by atoms with E-state index in [2.05, 4.69) is 36.7 Å². The summed E-state index contributed by atoms with van der Waals surface area (Å²) in [7, 11) is 0. The minimum atomic E-state index is -0.621. The van der Waals surface area contributed by atoms with E-state index < -0.39 is 16.8 Å². The molecule has 0 aromatic carbocycles. The van der Waals surface area contributed by atoms with Crippen molar-refractivity contribution in [2.24, 2.45) is 46.3 Å². The first-order chi connectivity index (χ1) is 22.5. The van der Waals surface area contributed by atoms with E-state index in [1.165, 1.54) is 0 Å². The van der Waals surface area contributed by atoms with Gasteiger partial charge >= 0.3 is 18.3 Å². The van der Waals surface area contributed by atoms with Gasteiger partial charge in [-0.15, -0.1) is 0 Å². The first-order valence-corrected chi connectivity index (χ1v) is 19.1. The normalized spacial score (nSPS) is 36.7. The summed E-state index contributed by atoms with van der Waals surface area (Å²) in [5, 5.41) is 19.7. The van der Waals surface area contributed by atoms with E-state index in [1.807, 2.05) is 62.3 Å². The zero-order valence-electron chi connectivity index (χ0n) is 32.7. The van der Waals surface area contributed by atoms with Crippen molar-refractivity contribution in [3.05, 3.63) is 0 Å². The Kier molecular flexibility index (Phi) is 11.6. The van der Waals surface area contributed by atoms with Crippen LogP contribution in [0, 0.1) is 46.3 Å². The quantitative estimate of drug-likeness (QED) is 0.199. The third kappa shape index (κ3) is 9.17. The lowest BCUT2D eigenvalue weighted by molar-refractivity contribution is -0.143. The van der Waals surface area contributed by atoms with Gasteiger partial charge in [0.05, 0.1) is 0 Å². The molecule has 4 rings (SSSR count). The highest BCUT2D eigenvalue weighted by atomic mass is 16.6. The Balaban J connectivity index is 1.72. The molecule has 4 fully saturated rings. The van der Waals surface area contributed by atoms with Crippen molar-refractivity contribution < 1.29 is 33.7 Å². The molecule has 0 bridgehead atoms. The van der Waals surface area contributed by atoms with E-state index in [0.717, 1.165) is 57.8 Å². The van der Waals surface area contributed by atoms with E-state index in [1.54, 1.807) is 0 Å². The number of aliphatic hydroxyl groups excluding tert-OH is 1. The fraction of sp³-hybridized carbons (Fsp3) is 0.923. The summed E-state index contributed by atoms with van der Waals surface area (Å²) >= 11 is 0. The van der Waals surface area contributed by atoms with Crippen molar-refractivity contribution in [2.75, 3.05) is 6.61 Å². The highest BCUT2D eigenvalue weighted by molar-refractivity contribution is 5.69. The molecule has 10 heteroatoms. The van der Waals surface area contributed by atoms with Gasteiger partial charge < -0.3 is 35.3 Å². The maximum atomic E-state index is 13.5. The van der Waals surface area contributed by atoms with Crippen LogP contribution in [0.25, 0.3) is 0 Å². The number of ether oxygens (including phenoxy) is 3.